The van der Waals surface area contributed by atoms with Crippen molar-refractivity contribution in [2.24, 2.45) is 0 Å². The highest BCUT2D eigenvalue weighted by Crippen LogP contribution is 2.26. The summed E-state index contributed by atoms with van der Waals surface area (Å²) in [6, 6.07) is 24.2. The first-order valence-electron chi connectivity index (χ1n) is 9.39. The molecule has 0 saturated carbocycles. The van der Waals surface area contributed by atoms with Crippen LogP contribution in [0.5, 0.6) is 0 Å². The molecule has 0 unspecified atom stereocenters. The molecule has 0 bridgehead atoms. The quantitative estimate of drug-likeness (QED) is 0.485. The van der Waals surface area contributed by atoms with E-state index < -0.39 is 0 Å². The van der Waals surface area contributed by atoms with E-state index in [1.807, 2.05) is 0 Å². The number of nitrogens with zero attached hydrogens (tertiary/aromatic N) is 1. The summed E-state index contributed by atoms with van der Waals surface area (Å²) in [6.07, 6.45) is 2.14. The average molecular weight is 345 g/mol. The van der Waals surface area contributed by atoms with Crippen LogP contribution in [0.4, 0.5) is 0 Å². The van der Waals surface area contributed by atoms with E-state index in [1.165, 1.54) is 28.1 Å². The van der Waals surface area contributed by atoms with Gasteiger partial charge >= 0.3 is 0 Å². The third-order valence-corrected chi connectivity index (χ3v) is 4.92. The van der Waals surface area contributed by atoms with E-state index in [9.17, 15) is 0 Å². The van der Waals surface area contributed by atoms with Gasteiger partial charge in [-0.1, -0.05) is 65.8 Å². The molecule has 1 heteroatoms. The van der Waals surface area contributed by atoms with Gasteiger partial charge < -0.3 is 0 Å². The number of hydrogen-bond acceptors (Lipinski definition) is 0. The van der Waals surface area contributed by atoms with Gasteiger partial charge in [-0.2, -0.15) is 4.57 Å². The molecule has 0 N–H and O–H groups in total. The molecule has 0 atom stereocenters. The maximum Gasteiger partial charge on any atom is 0.218 e. The van der Waals surface area contributed by atoms with Crippen LogP contribution in [0, 0.1) is 0 Å². The molecule has 1 aromatic heterocycles. The van der Waals surface area contributed by atoms with Gasteiger partial charge in [0.15, 0.2) is 6.20 Å². The Morgan fingerprint density at radius 2 is 1.08 bits per heavy atom. The molecule has 0 aliphatic carbocycles. The molecular formula is C25H30N+. The van der Waals surface area contributed by atoms with Crippen molar-refractivity contribution in [2.75, 3.05) is 0 Å². The fourth-order valence-electron chi connectivity index (χ4n) is 3.17. The van der Waals surface area contributed by atoms with Crippen LogP contribution in [-0.2, 0) is 10.8 Å². The second-order valence-electron chi connectivity index (χ2n) is 9.08. The molecule has 3 rings (SSSR count). The van der Waals surface area contributed by atoms with Crippen LogP contribution in [0.25, 0.3) is 16.9 Å². The molecule has 1 nitrogen and oxygen atoms in total. The zero-order valence-electron chi connectivity index (χ0n) is 16.9. The molecule has 26 heavy (non-hydrogen) atoms. The largest absolute Gasteiger partial charge is 0.218 e. The Hall–Kier alpha value is -2.41. The lowest BCUT2D eigenvalue weighted by molar-refractivity contribution is -0.584. The molecule has 0 spiro atoms. The molecule has 3 aromatic rings. The number of benzene rings is 2. The van der Waals surface area contributed by atoms with E-state index in [0.717, 1.165) is 0 Å². The second-order valence-corrected chi connectivity index (χ2v) is 9.08. The predicted octanol–water partition coefficient (Wildman–Crippen LogP) is 6.23. The van der Waals surface area contributed by atoms with Crippen molar-refractivity contribution in [1.82, 2.24) is 0 Å². The predicted molar refractivity (Wildman–Crippen MR) is 111 cm³/mol. The molecule has 134 valence electrons. The van der Waals surface area contributed by atoms with Crippen LogP contribution in [0.15, 0.2) is 72.9 Å². The third-order valence-electron chi connectivity index (χ3n) is 4.92. The van der Waals surface area contributed by atoms with Gasteiger partial charge in [0.05, 0.1) is 0 Å². The molecule has 1 heterocycles. The molecule has 0 aliphatic rings. The highest BCUT2D eigenvalue weighted by atomic mass is 15.0. The molecule has 0 aliphatic heterocycles. The molecule has 0 radical (unpaired) electrons. The lowest BCUT2D eigenvalue weighted by Crippen LogP contribution is -2.32. The van der Waals surface area contributed by atoms with Gasteiger partial charge in [0.1, 0.15) is 0 Å². The fourth-order valence-corrected chi connectivity index (χ4v) is 3.17. The van der Waals surface area contributed by atoms with Crippen molar-refractivity contribution >= 4 is 0 Å². The van der Waals surface area contributed by atoms with Crippen LogP contribution in [-0.4, -0.2) is 0 Å². The van der Waals surface area contributed by atoms with Crippen LogP contribution < -0.4 is 4.57 Å². The van der Waals surface area contributed by atoms with Gasteiger partial charge in [0.25, 0.3) is 0 Å². The van der Waals surface area contributed by atoms with Gasteiger partial charge in [-0.05, 0) is 40.2 Å². The van der Waals surface area contributed by atoms with Crippen LogP contribution in [0.2, 0.25) is 0 Å². The van der Waals surface area contributed by atoms with Gasteiger partial charge in [-0.3, -0.25) is 0 Å². The zero-order chi connectivity index (χ0) is 18.9. The maximum absolute atomic E-state index is 2.26. The van der Waals surface area contributed by atoms with Crippen molar-refractivity contribution in [3.05, 3.63) is 84.1 Å². The lowest BCUT2D eigenvalue weighted by atomic mass is 9.86. The Kier molecular flexibility index (Phi) is 4.75. The molecule has 0 fully saturated rings. The normalized spacial score (nSPS) is 12.2. The lowest BCUT2D eigenvalue weighted by Gasteiger charge is -2.19. The minimum absolute atomic E-state index is 0.172. The molecule has 0 amide bonds. The highest BCUT2D eigenvalue weighted by Gasteiger charge is 2.19. The summed E-state index contributed by atoms with van der Waals surface area (Å²) < 4.78 is 2.26. The van der Waals surface area contributed by atoms with Crippen molar-refractivity contribution in [1.29, 1.82) is 0 Å². The maximum atomic E-state index is 2.26. The molecule has 2 aromatic carbocycles. The summed E-state index contributed by atoms with van der Waals surface area (Å²) >= 11 is 0. The number of pyridine rings is 1. The minimum atomic E-state index is 0.172. The Morgan fingerprint density at radius 3 is 1.58 bits per heavy atom. The fraction of sp³-hybridized carbons (Fsp3) is 0.320. The highest BCUT2D eigenvalue weighted by molar-refractivity contribution is 5.57. The van der Waals surface area contributed by atoms with Crippen molar-refractivity contribution in [3.63, 3.8) is 0 Å². The SMILES string of the molecule is CC(C)(C)c1ccc(-c2cccc[n+]2-c2ccc(C(C)(C)C)cc2)cc1. The van der Waals surface area contributed by atoms with E-state index in [4.69, 9.17) is 0 Å². The summed E-state index contributed by atoms with van der Waals surface area (Å²) in [5.41, 5.74) is 6.69. The van der Waals surface area contributed by atoms with E-state index >= 15 is 0 Å². The summed E-state index contributed by atoms with van der Waals surface area (Å²) in [5, 5.41) is 0. The minimum Gasteiger partial charge on any atom is -0.160 e. The van der Waals surface area contributed by atoms with E-state index in [-0.39, 0.29) is 10.8 Å². The van der Waals surface area contributed by atoms with Gasteiger partial charge in [-0.25, -0.2) is 0 Å². The van der Waals surface area contributed by atoms with Crippen molar-refractivity contribution in [3.8, 4) is 16.9 Å². The van der Waals surface area contributed by atoms with Gasteiger partial charge in [0, 0.05) is 29.8 Å². The smallest absolute Gasteiger partial charge is 0.160 e. The Bertz CT molecular complexity index is 797. The van der Waals surface area contributed by atoms with Gasteiger partial charge in [0.2, 0.25) is 11.4 Å². The van der Waals surface area contributed by atoms with Crippen molar-refractivity contribution < 1.29 is 4.57 Å². The molecular weight excluding hydrogens is 314 g/mol. The Labute approximate surface area is 158 Å². The first-order valence-corrected chi connectivity index (χ1v) is 9.39. The number of aromatic nitrogens is 1. The van der Waals surface area contributed by atoms with E-state index in [0.29, 0.717) is 0 Å². The summed E-state index contributed by atoms with van der Waals surface area (Å²) in [6.45, 7) is 13.5. The first kappa shape index (κ1) is 18.4. The average Bonchev–Trinajstić information content (AvgIpc) is 2.60. The van der Waals surface area contributed by atoms with E-state index in [1.54, 1.807) is 0 Å². The van der Waals surface area contributed by atoms with Gasteiger partial charge in [-0.15, -0.1) is 0 Å². The standard InChI is InChI=1S/C25H30N/c1-24(2,3)20-12-10-19(11-13-20)23-9-7-8-18-26(23)22-16-14-21(15-17-22)25(4,5)6/h7-18H,1-6H3/q+1. The number of rotatable bonds is 2. The topological polar surface area (TPSA) is 3.88 Å². The van der Waals surface area contributed by atoms with Crippen LogP contribution in [0.3, 0.4) is 0 Å². The van der Waals surface area contributed by atoms with E-state index in [2.05, 4.69) is 119 Å². The monoisotopic (exact) mass is 344 g/mol. The third kappa shape index (κ3) is 3.88. The zero-order valence-corrected chi connectivity index (χ0v) is 16.9. The van der Waals surface area contributed by atoms with Crippen molar-refractivity contribution in [2.45, 2.75) is 52.4 Å². The Morgan fingerprint density at radius 1 is 0.577 bits per heavy atom. The second kappa shape index (κ2) is 6.72. The summed E-state index contributed by atoms with van der Waals surface area (Å²) in [7, 11) is 0. The van der Waals surface area contributed by atoms with Crippen LogP contribution in [0.1, 0.15) is 52.7 Å². The Balaban J connectivity index is 2.01. The van der Waals surface area contributed by atoms with Crippen LogP contribution >= 0.6 is 0 Å². The number of hydrogen-bond donors (Lipinski definition) is 0. The first-order chi connectivity index (χ1) is 12.2. The molecule has 0 saturated heterocycles. The summed E-state index contributed by atoms with van der Waals surface area (Å²) in [4.78, 5) is 0. The summed E-state index contributed by atoms with van der Waals surface area (Å²) in [5.74, 6) is 0.